The predicted molar refractivity (Wildman–Crippen MR) is 53.2 cm³/mol. The quantitative estimate of drug-likeness (QED) is 0.739. The van der Waals surface area contributed by atoms with Gasteiger partial charge in [-0.3, -0.25) is 0 Å². The molecule has 1 N–H and O–H groups in total. The summed E-state index contributed by atoms with van der Waals surface area (Å²) in [5, 5.41) is 9.73. The van der Waals surface area contributed by atoms with Gasteiger partial charge in [0.25, 0.3) is 0 Å². The topological polar surface area (TPSA) is 23.5 Å². The third-order valence-electron chi connectivity index (χ3n) is 2.57. The minimum Gasteiger partial charge on any atom is -0.369 e. The van der Waals surface area contributed by atoms with E-state index in [1.54, 1.807) is 19.3 Å². The van der Waals surface area contributed by atoms with Crippen LogP contribution in [-0.2, 0) is 6.18 Å². The van der Waals surface area contributed by atoms with Crippen LogP contribution in [0.2, 0.25) is 0 Å². The summed E-state index contributed by atoms with van der Waals surface area (Å²) >= 11 is 0. The normalized spacial score (nSPS) is 19.8. The number of aliphatic hydroxyl groups is 1. The summed E-state index contributed by atoms with van der Waals surface area (Å²) in [5.74, 6) is 0. The van der Waals surface area contributed by atoms with E-state index >= 15 is 0 Å². The van der Waals surface area contributed by atoms with Gasteiger partial charge in [0.1, 0.15) is 0 Å². The molecule has 1 aliphatic heterocycles. The van der Waals surface area contributed by atoms with Gasteiger partial charge in [-0.1, -0.05) is 6.07 Å². The molecule has 16 heavy (non-hydrogen) atoms. The molecule has 2 nitrogen and oxygen atoms in total. The first-order valence-corrected chi connectivity index (χ1v) is 4.69. The highest BCUT2D eigenvalue weighted by molar-refractivity contribution is 5.57. The summed E-state index contributed by atoms with van der Waals surface area (Å²) in [4.78, 5) is 1.45. The van der Waals surface area contributed by atoms with E-state index in [1.807, 2.05) is 0 Å². The van der Waals surface area contributed by atoms with Crippen molar-refractivity contribution in [3.63, 3.8) is 0 Å². The van der Waals surface area contributed by atoms with Crippen molar-refractivity contribution >= 4 is 6.08 Å². The zero-order valence-electron chi connectivity index (χ0n) is 8.49. The van der Waals surface area contributed by atoms with Gasteiger partial charge in [-0.05, 0) is 23.8 Å². The van der Waals surface area contributed by atoms with Crippen LogP contribution in [0.15, 0.2) is 24.4 Å². The Morgan fingerprint density at radius 2 is 2.00 bits per heavy atom. The van der Waals surface area contributed by atoms with Crippen LogP contribution in [0, 0.1) is 0 Å². The standard InChI is InChI=1S/C11H10F3NO/c1-15-5-4-7-2-3-8(11(12,13)14)6-9(7)10(15)16/h2-6,10,16H,1H3. The molecule has 1 aromatic carbocycles. The highest BCUT2D eigenvalue weighted by Crippen LogP contribution is 2.34. The van der Waals surface area contributed by atoms with E-state index in [-0.39, 0.29) is 5.56 Å². The van der Waals surface area contributed by atoms with Crippen molar-refractivity contribution < 1.29 is 18.3 Å². The van der Waals surface area contributed by atoms with Crippen LogP contribution < -0.4 is 0 Å². The number of aliphatic hydroxyl groups excluding tert-OH is 1. The largest absolute Gasteiger partial charge is 0.416 e. The SMILES string of the molecule is CN1C=Cc2ccc(C(F)(F)F)cc2C1O. The second-order valence-electron chi connectivity index (χ2n) is 3.70. The van der Waals surface area contributed by atoms with Crippen molar-refractivity contribution in [2.24, 2.45) is 0 Å². The number of rotatable bonds is 0. The van der Waals surface area contributed by atoms with Crippen molar-refractivity contribution in [1.29, 1.82) is 0 Å². The van der Waals surface area contributed by atoms with Crippen molar-refractivity contribution in [1.82, 2.24) is 4.90 Å². The average molecular weight is 229 g/mol. The molecular formula is C11H10F3NO. The molecule has 0 radical (unpaired) electrons. The van der Waals surface area contributed by atoms with Crippen molar-refractivity contribution in [2.75, 3.05) is 7.05 Å². The summed E-state index contributed by atoms with van der Waals surface area (Å²) in [5.41, 5.74) is 0.146. The molecule has 86 valence electrons. The molecule has 1 unspecified atom stereocenters. The maximum Gasteiger partial charge on any atom is 0.416 e. The molecule has 0 saturated carbocycles. The Bertz CT molecular complexity index is 439. The molecule has 1 atom stereocenters. The van der Waals surface area contributed by atoms with E-state index in [4.69, 9.17) is 0 Å². The molecule has 0 aliphatic carbocycles. The zero-order valence-corrected chi connectivity index (χ0v) is 8.49. The Kier molecular flexibility index (Phi) is 2.42. The molecule has 0 fully saturated rings. The lowest BCUT2D eigenvalue weighted by molar-refractivity contribution is -0.137. The summed E-state index contributed by atoms with van der Waals surface area (Å²) < 4.78 is 37.4. The molecule has 0 aromatic heterocycles. The molecule has 0 bridgehead atoms. The van der Waals surface area contributed by atoms with Crippen LogP contribution in [0.5, 0.6) is 0 Å². The number of fused-ring (bicyclic) bond motifs is 1. The van der Waals surface area contributed by atoms with Crippen LogP contribution in [-0.4, -0.2) is 17.1 Å². The first-order valence-electron chi connectivity index (χ1n) is 4.69. The lowest BCUT2D eigenvalue weighted by atomic mass is 9.99. The summed E-state index contributed by atoms with van der Waals surface area (Å²) in [6.07, 6.45) is -2.11. The van der Waals surface area contributed by atoms with Gasteiger partial charge in [0.2, 0.25) is 0 Å². The molecule has 0 amide bonds. The van der Waals surface area contributed by atoms with Crippen LogP contribution in [0.1, 0.15) is 22.9 Å². The van der Waals surface area contributed by atoms with Gasteiger partial charge in [-0.25, -0.2) is 0 Å². The first kappa shape index (κ1) is 11.0. The lowest BCUT2D eigenvalue weighted by Gasteiger charge is -2.28. The Morgan fingerprint density at radius 3 is 2.62 bits per heavy atom. The highest BCUT2D eigenvalue weighted by Gasteiger charge is 2.32. The first-order chi connectivity index (χ1) is 7.39. The lowest BCUT2D eigenvalue weighted by Crippen LogP contribution is -2.22. The minimum atomic E-state index is -4.38. The van der Waals surface area contributed by atoms with Gasteiger partial charge in [0, 0.05) is 18.8 Å². The predicted octanol–water partition coefficient (Wildman–Crippen LogP) is 2.61. The molecule has 0 spiro atoms. The van der Waals surface area contributed by atoms with E-state index < -0.39 is 18.0 Å². The maximum absolute atomic E-state index is 12.5. The highest BCUT2D eigenvalue weighted by atomic mass is 19.4. The second kappa shape index (κ2) is 3.52. The van der Waals surface area contributed by atoms with Crippen LogP contribution in [0.25, 0.3) is 6.08 Å². The van der Waals surface area contributed by atoms with Gasteiger partial charge in [0.15, 0.2) is 6.23 Å². The van der Waals surface area contributed by atoms with E-state index in [0.717, 1.165) is 12.1 Å². The van der Waals surface area contributed by atoms with E-state index in [0.29, 0.717) is 5.56 Å². The molecule has 1 heterocycles. The molecule has 0 saturated heterocycles. The monoisotopic (exact) mass is 229 g/mol. The minimum absolute atomic E-state index is 0.278. The van der Waals surface area contributed by atoms with Gasteiger partial charge < -0.3 is 10.0 Å². The molecular weight excluding hydrogens is 219 g/mol. The number of halogens is 3. The van der Waals surface area contributed by atoms with Crippen LogP contribution in [0.4, 0.5) is 13.2 Å². The molecule has 2 rings (SSSR count). The van der Waals surface area contributed by atoms with E-state index in [2.05, 4.69) is 0 Å². The van der Waals surface area contributed by atoms with Crippen molar-refractivity contribution in [2.45, 2.75) is 12.4 Å². The molecule has 5 heteroatoms. The molecule has 1 aliphatic rings. The number of hydrogen-bond donors (Lipinski definition) is 1. The van der Waals surface area contributed by atoms with Crippen LogP contribution >= 0.6 is 0 Å². The summed E-state index contributed by atoms with van der Waals surface area (Å²) in [6.45, 7) is 0. The number of alkyl halides is 3. The Hall–Kier alpha value is -1.49. The van der Waals surface area contributed by atoms with Crippen LogP contribution in [0.3, 0.4) is 0 Å². The average Bonchev–Trinajstić information content (AvgIpc) is 2.22. The number of hydrogen-bond acceptors (Lipinski definition) is 2. The summed E-state index contributed by atoms with van der Waals surface area (Å²) in [6, 6.07) is 3.37. The van der Waals surface area contributed by atoms with Gasteiger partial charge in [0.05, 0.1) is 5.56 Å². The van der Waals surface area contributed by atoms with E-state index in [9.17, 15) is 18.3 Å². The Balaban J connectivity index is 2.50. The van der Waals surface area contributed by atoms with Gasteiger partial charge in [-0.15, -0.1) is 0 Å². The maximum atomic E-state index is 12.5. The third-order valence-corrected chi connectivity index (χ3v) is 2.57. The number of benzene rings is 1. The second-order valence-corrected chi connectivity index (χ2v) is 3.70. The van der Waals surface area contributed by atoms with Crippen molar-refractivity contribution in [3.05, 3.63) is 41.1 Å². The van der Waals surface area contributed by atoms with E-state index in [1.165, 1.54) is 11.0 Å². The smallest absolute Gasteiger partial charge is 0.369 e. The fourth-order valence-corrected chi connectivity index (χ4v) is 1.63. The fraction of sp³-hybridized carbons (Fsp3) is 0.273. The fourth-order valence-electron chi connectivity index (χ4n) is 1.63. The summed E-state index contributed by atoms with van der Waals surface area (Å²) in [7, 11) is 1.60. The molecule has 1 aromatic rings. The Morgan fingerprint density at radius 1 is 1.31 bits per heavy atom. The third kappa shape index (κ3) is 1.78. The van der Waals surface area contributed by atoms with Crippen molar-refractivity contribution in [3.8, 4) is 0 Å². The van der Waals surface area contributed by atoms with Gasteiger partial charge in [-0.2, -0.15) is 13.2 Å². The van der Waals surface area contributed by atoms with Gasteiger partial charge >= 0.3 is 6.18 Å². The Labute approximate surface area is 90.6 Å². The zero-order chi connectivity index (χ0) is 11.9. The number of nitrogens with zero attached hydrogens (tertiary/aromatic N) is 1.